The minimum absolute atomic E-state index is 0.0710. The summed E-state index contributed by atoms with van der Waals surface area (Å²) in [6, 6.07) is 7.28. The number of carbonyl (C=O) groups excluding carboxylic acids is 1. The number of amides is 1. The van der Waals surface area contributed by atoms with E-state index in [4.69, 9.17) is 15.2 Å². The number of ether oxygens (including phenoxy) is 2. The first-order chi connectivity index (χ1) is 9.69. The highest BCUT2D eigenvalue weighted by molar-refractivity contribution is 5.76. The molecule has 0 spiro atoms. The third-order valence-corrected chi connectivity index (χ3v) is 2.94. The lowest BCUT2D eigenvalue weighted by Gasteiger charge is -2.20. The largest absolute Gasteiger partial charge is 0.491 e. The first-order valence-corrected chi connectivity index (χ1v) is 7.01. The first-order valence-electron chi connectivity index (χ1n) is 7.01. The molecule has 0 aliphatic carbocycles. The Hall–Kier alpha value is -1.75. The molecule has 20 heavy (non-hydrogen) atoms. The van der Waals surface area contributed by atoms with Crippen LogP contribution < -0.4 is 10.5 Å². The molecule has 0 atom stereocenters. The van der Waals surface area contributed by atoms with Crippen molar-refractivity contribution in [3.8, 4) is 5.75 Å². The molecule has 112 valence electrons. The van der Waals surface area contributed by atoms with E-state index < -0.39 is 0 Å². The lowest BCUT2D eigenvalue weighted by molar-refractivity contribution is -0.132. The monoisotopic (exact) mass is 280 g/mol. The molecule has 0 fully saturated rings. The quantitative estimate of drug-likeness (QED) is 0.554. The molecule has 1 rings (SSSR count). The Morgan fingerprint density at radius 3 is 2.65 bits per heavy atom. The number of hydrogen-bond donors (Lipinski definition) is 1. The summed E-state index contributed by atoms with van der Waals surface area (Å²) >= 11 is 0. The number of nitrogens with two attached hydrogens (primary N) is 1. The molecule has 0 heterocycles. The van der Waals surface area contributed by atoms with Gasteiger partial charge in [-0.15, -0.1) is 0 Å². The average molecular weight is 280 g/mol. The molecule has 1 aromatic carbocycles. The Kier molecular flexibility index (Phi) is 7.50. The summed E-state index contributed by atoms with van der Waals surface area (Å²) in [5.41, 5.74) is 6.35. The zero-order valence-electron chi connectivity index (χ0n) is 12.3. The number of nitrogens with zero attached hydrogens (tertiary/aromatic N) is 1. The fraction of sp³-hybridized carbons (Fsp3) is 0.533. The minimum Gasteiger partial charge on any atom is -0.491 e. The Bertz CT molecular complexity index is 410. The van der Waals surface area contributed by atoms with Crippen LogP contribution in [0, 0.1) is 0 Å². The number of anilines is 1. The van der Waals surface area contributed by atoms with Crippen molar-refractivity contribution in [1.29, 1.82) is 0 Å². The van der Waals surface area contributed by atoms with Gasteiger partial charge in [-0.25, -0.2) is 0 Å². The molecule has 0 radical (unpaired) electrons. The molecule has 5 nitrogen and oxygen atoms in total. The first kappa shape index (κ1) is 16.3. The maximum atomic E-state index is 12.0. The predicted molar refractivity (Wildman–Crippen MR) is 79.7 cm³/mol. The third kappa shape index (κ3) is 5.48. The fourth-order valence-electron chi connectivity index (χ4n) is 1.80. The highest BCUT2D eigenvalue weighted by Gasteiger charge is 2.11. The molecule has 0 saturated heterocycles. The topological polar surface area (TPSA) is 64.8 Å². The van der Waals surface area contributed by atoms with Gasteiger partial charge in [0, 0.05) is 19.7 Å². The van der Waals surface area contributed by atoms with Crippen molar-refractivity contribution in [2.75, 3.05) is 38.6 Å². The van der Waals surface area contributed by atoms with E-state index in [1.165, 1.54) is 0 Å². The van der Waals surface area contributed by atoms with E-state index in [0.717, 1.165) is 0 Å². The number of para-hydroxylation sites is 2. The van der Waals surface area contributed by atoms with Crippen molar-refractivity contribution in [2.24, 2.45) is 0 Å². The van der Waals surface area contributed by atoms with Crippen molar-refractivity contribution in [2.45, 2.75) is 20.3 Å². The van der Waals surface area contributed by atoms with E-state index in [0.29, 0.717) is 50.8 Å². The summed E-state index contributed by atoms with van der Waals surface area (Å²) < 4.78 is 10.8. The highest BCUT2D eigenvalue weighted by Crippen LogP contribution is 2.19. The van der Waals surface area contributed by atoms with Crippen LogP contribution in [0.4, 0.5) is 5.69 Å². The Morgan fingerprint density at radius 1 is 1.25 bits per heavy atom. The fourth-order valence-corrected chi connectivity index (χ4v) is 1.80. The van der Waals surface area contributed by atoms with Gasteiger partial charge in [0.15, 0.2) is 0 Å². The molecule has 0 aliphatic rings. The van der Waals surface area contributed by atoms with Gasteiger partial charge in [0.1, 0.15) is 5.75 Å². The van der Waals surface area contributed by atoms with Gasteiger partial charge in [0.2, 0.25) is 5.91 Å². The Balaban J connectivity index is 2.32. The van der Waals surface area contributed by atoms with Crippen LogP contribution in [0.15, 0.2) is 24.3 Å². The van der Waals surface area contributed by atoms with Crippen molar-refractivity contribution in [3.63, 3.8) is 0 Å². The van der Waals surface area contributed by atoms with Gasteiger partial charge in [0.25, 0.3) is 0 Å². The smallest absolute Gasteiger partial charge is 0.226 e. The normalized spacial score (nSPS) is 10.3. The van der Waals surface area contributed by atoms with E-state index >= 15 is 0 Å². The maximum Gasteiger partial charge on any atom is 0.226 e. The molecule has 0 aliphatic heterocycles. The third-order valence-electron chi connectivity index (χ3n) is 2.94. The molecular weight excluding hydrogens is 256 g/mol. The van der Waals surface area contributed by atoms with Crippen LogP contribution in [0.1, 0.15) is 20.3 Å². The number of carbonyl (C=O) groups is 1. The summed E-state index contributed by atoms with van der Waals surface area (Å²) in [7, 11) is 0. The lowest BCUT2D eigenvalue weighted by Crippen LogP contribution is -2.34. The maximum absolute atomic E-state index is 12.0. The van der Waals surface area contributed by atoms with Gasteiger partial charge < -0.3 is 20.1 Å². The van der Waals surface area contributed by atoms with Gasteiger partial charge in [0.05, 0.1) is 25.3 Å². The summed E-state index contributed by atoms with van der Waals surface area (Å²) in [6.07, 6.45) is 0.342. The van der Waals surface area contributed by atoms with Crippen LogP contribution in [0.3, 0.4) is 0 Å². The van der Waals surface area contributed by atoms with Crippen molar-refractivity contribution in [3.05, 3.63) is 24.3 Å². The van der Waals surface area contributed by atoms with Crippen molar-refractivity contribution in [1.82, 2.24) is 4.90 Å². The van der Waals surface area contributed by atoms with Crippen LogP contribution in [-0.2, 0) is 9.53 Å². The van der Waals surface area contributed by atoms with Crippen LogP contribution in [0.5, 0.6) is 5.75 Å². The van der Waals surface area contributed by atoms with Gasteiger partial charge >= 0.3 is 0 Å². The van der Waals surface area contributed by atoms with Crippen LogP contribution in [0.2, 0.25) is 0 Å². The molecule has 1 aromatic rings. The van der Waals surface area contributed by atoms with E-state index in [9.17, 15) is 4.79 Å². The summed E-state index contributed by atoms with van der Waals surface area (Å²) in [5.74, 6) is 0.694. The second kappa shape index (κ2) is 9.20. The van der Waals surface area contributed by atoms with Crippen molar-refractivity contribution >= 4 is 11.6 Å². The van der Waals surface area contributed by atoms with Crippen molar-refractivity contribution < 1.29 is 14.3 Å². The Morgan fingerprint density at radius 2 is 2.00 bits per heavy atom. The van der Waals surface area contributed by atoms with Crippen LogP contribution >= 0.6 is 0 Å². The molecule has 0 bridgehead atoms. The number of rotatable bonds is 9. The number of hydrogen-bond acceptors (Lipinski definition) is 4. The van der Waals surface area contributed by atoms with Gasteiger partial charge in [-0.05, 0) is 26.0 Å². The molecule has 2 N–H and O–H groups in total. The minimum atomic E-state index is 0.0710. The summed E-state index contributed by atoms with van der Waals surface area (Å²) in [4.78, 5) is 13.8. The second-order valence-electron chi connectivity index (χ2n) is 4.31. The predicted octanol–water partition coefficient (Wildman–Crippen LogP) is 1.92. The van der Waals surface area contributed by atoms with Gasteiger partial charge in [-0.3, -0.25) is 4.79 Å². The molecule has 5 heteroatoms. The van der Waals surface area contributed by atoms with Crippen LogP contribution in [-0.4, -0.2) is 43.7 Å². The zero-order chi connectivity index (χ0) is 14.8. The SMILES string of the molecule is CCOCCN(CC)C(=O)CCOc1ccccc1N. The van der Waals surface area contributed by atoms with E-state index in [2.05, 4.69) is 0 Å². The Labute approximate surface area is 120 Å². The van der Waals surface area contributed by atoms with E-state index in [-0.39, 0.29) is 5.91 Å². The van der Waals surface area contributed by atoms with Gasteiger partial charge in [-0.2, -0.15) is 0 Å². The standard InChI is InChI=1S/C15H24N2O3/c1-3-17(10-12-19-4-2)15(18)9-11-20-14-8-6-5-7-13(14)16/h5-8H,3-4,9-12,16H2,1-2H3. The average Bonchev–Trinajstić information content (AvgIpc) is 2.45. The van der Waals surface area contributed by atoms with Crippen LogP contribution in [0.25, 0.3) is 0 Å². The van der Waals surface area contributed by atoms with Gasteiger partial charge in [-0.1, -0.05) is 12.1 Å². The highest BCUT2D eigenvalue weighted by atomic mass is 16.5. The molecule has 0 saturated carbocycles. The molecule has 0 aromatic heterocycles. The molecule has 0 unspecified atom stereocenters. The second-order valence-corrected chi connectivity index (χ2v) is 4.31. The number of nitrogen functional groups attached to an aromatic ring is 1. The summed E-state index contributed by atoms with van der Waals surface area (Å²) in [5, 5.41) is 0. The zero-order valence-corrected chi connectivity index (χ0v) is 12.3. The number of benzene rings is 1. The lowest BCUT2D eigenvalue weighted by atomic mass is 10.3. The molecule has 1 amide bonds. The number of likely N-dealkylation sites (N-methyl/N-ethyl adjacent to an activating group) is 1. The van der Waals surface area contributed by atoms with E-state index in [1.54, 1.807) is 17.0 Å². The summed E-state index contributed by atoms with van der Waals surface area (Å²) in [6.45, 7) is 6.77. The molecular formula is C15H24N2O3. The van der Waals surface area contributed by atoms with E-state index in [1.807, 2.05) is 26.0 Å².